The largest absolute Gasteiger partial charge is 0.355 e. The number of aromatic nitrogens is 2. The first-order chi connectivity index (χ1) is 6.79. The van der Waals surface area contributed by atoms with Gasteiger partial charge in [0.1, 0.15) is 0 Å². The summed E-state index contributed by atoms with van der Waals surface area (Å²) in [5, 5.41) is 8.08. The fraction of sp³-hybridized carbons (Fsp3) is 0.600. The van der Waals surface area contributed by atoms with Crippen molar-refractivity contribution in [2.45, 2.75) is 13.3 Å². The molecule has 1 unspecified atom stereocenters. The average molecular weight is 212 g/mol. The summed E-state index contributed by atoms with van der Waals surface area (Å²) in [5.74, 6) is 2.34. The summed E-state index contributed by atoms with van der Waals surface area (Å²) in [6.07, 6.45) is 2.94. The smallest absolute Gasteiger partial charge is 0.151 e. The Balaban J connectivity index is 2.09. The van der Waals surface area contributed by atoms with E-state index in [1.807, 2.05) is 6.92 Å². The topological polar surface area (TPSA) is 29.0 Å². The summed E-state index contributed by atoms with van der Waals surface area (Å²) in [6, 6.07) is 2.07. The lowest BCUT2D eigenvalue weighted by atomic mass is 10.2. The standard InChI is InChI=1S/C10H14ClN3/c1-8-4-10(13-12-6-8)14-3-2-9(5-11)7-14/h4,6,9H,2-3,5,7H2,1H3. The Morgan fingerprint density at radius 1 is 1.64 bits per heavy atom. The number of rotatable bonds is 2. The Kier molecular flexibility index (Phi) is 2.87. The van der Waals surface area contributed by atoms with E-state index < -0.39 is 0 Å². The van der Waals surface area contributed by atoms with Crippen LogP contribution in [0.3, 0.4) is 0 Å². The third kappa shape index (κ3) is 1.98. The van der Waals surface area contributed by atoms with Crippen LogP contribution in [0.25, 0.3) is 0 Å². The number of anilines is 1. The second kappa shape index (κ2) is 4.13. The van der Waals surface area contributed by atoms with Gasteiger partial charge in [-0.2, -0.15) is 5.10 Å². The number of alkyl halides is 1. The molecule has 0 N–H and O–H groups in total. The normalized spacial score (nSPS) is 21.6. The molecule has 0 spiro atoms. The van der Waals surface area contributed by atoms with Crippen molar-refractivity contribution >= 4 is 17.4 Å². The first-order valence-corrected chi connectivity index (χ1v) is 5.43. The number of hydrogen-bond donors (Lipinski definition) is 0. The van der Waals surface area contributed by atoms with Crippen molar-refractivity contribution in [3.63, 3.8) is 0 Å². The summed E-state index contributed by atoms with van der Waals surface area (Å²) in [4.78, 5) is 2.26. The van der Waals surface area contributed by atoms with Crippen LogP contribution in [-0.4, -0.2) is 29.2 Å². The van der Waals surface area contributed by atoms with Gasteiger partial charge >= 0.3 is 0 Å². The van der Waals surface area contributed by atoms with Crippen LogP contribution in [-0.2, 0) is 0 Å². The zero-order valence-corrected chi connectivity index (χ0v) is 9.04. The molecule has 1 aliphatic heterocycles. The molecule has 1 aliphatic rings. The van der Waals surface area contributed by atoms with Crippen LogP contribution in [0.4, 0.5) is 5.82 Å². The first kappa shape index (κ1) is 9.71. The van der Waals surface area contributed by atoms with Crippen LogP contribution in [0, 0.1) is 12.8 Å². The van der Waals surface area contributed by atoms with Gasteiger partial charge in [0.05, 0.1) is 6.20 Å². The van der Waals surface area contributed by atoms with Gasteiger partial charge in [-0.3, -0.25) is 0 Å². The summed E-state index contributed by atoms with van der Waals surface area (Å²) < 4.78 is 0. The van der Waals surface area contributed by atoms with Crippen molar-refractivity contribution in [2.75, 3.05) is 23.9 Å². The van der Waals surface area contributed by atoms with Crippen LogP contribution in [0.2, 0.25) is 0 Å². The van der Waals surface area contributed by atoms with Crippen LogP contribution < -0.4 is 4.90 Å². The van der Waals surface area contributed by atoms with E-state index in [0.717, 1.165) is 30.4 Å². The predicted molar refractivity (Wildman–Crippen MR) is 57.8 cm³/mol. The van der Waals surface area contributed by atoms with Gasteiger partial charge in [0.15, 0.2) is 5.82 Å². The van der Waals surface area contributed by atoms with E-state index in [1.54, 1.807) is 6.20 Å². The molecule has 1 fully saturated rings. The number of halogens is 1. The zero-order valence-electron chi connectivity index (χ0n) is 8.28. The SMILES string of the molecule is Cc1cnnc(N2CCC(CCl)C2)c1. The highest BCUT2D eigenvalue weighted by Gasteiger charge is 2.22. The molecule has 2 heterocycles. The van der Waals surface area contributed by atoms with Crippen molar-refractivity contribution in [1.82, 2.24) is 10.2 Å². The molecule has 4 heteroatoms. The lowest BCUT2D eigenvalue weighted by Gasteiger charge is -2.16. The van der Waals surface area contributed by atoms with E-state index in [4.69, 9.17) is 11.6 Å². The van der Waals surface area contributed by atoms with Gasteiger partial charge in [-0.05, 0) is 30.9 Å². The van der Waals surface area contributed by atoms with E-state index >= 15 is 0 Å². The molecule has 0 radical (unpaired) electrons. The van der Waals surface area contributed by atoms with Crippen molar-refractivity contribution in [1.29, 1.82) is 0 Å². The first-order valence-electron chi connectivity index (χ1n) is 4.90. The Hall–Kier alpha value is -0.830. The molecule has 1 aromatic heterocycles. The molecule has 0 saturated carbocycles. The fourth-order valence-corrected chi connectivity index (χ4v) is 2.02. The summed E-state index contributed by atoms with van der Waals surface area (Å²) in [7, 11) is 0. The van der Waals surface area contributed by atoms with E-state index in [9.17, 15) is 0 Å². The van der Waals surface area contributed by atoms with Crippen LogP contribution in [0.15, 0.2) is 12.3 Å². The molecule has 1 aromatic rings. The molecule has 1 atom stereocenters. The summed E-state index contributed by atoms with van der Waals surface area (Å²) >= 11 is 5.83. The lowest BCUT2D eigenvalue weighted by molar-refractivity contribution is 0.666. The van der Waals surface area contributed by atoms with E-state index in [-0.39, 0.29) is 0 Å². The predicted octanol–water partition coefficient (Wildman–Crippen LogP) is 1.85. The minimum Gasteiger partial charge on any atom is -0.355 e. The van der Waals surface area contributed by atoms with Crippen molar-refractivity contribution in [2.24, 2.45) is 5.92 Å². The van der Waals surface area contributed by atoms with E-state index in [0.29, 0.717) is 5.92 Å². The summed E-state index contributed by atoms with van der Waals surface area (Å²) in [6.45, 7) is 4.10. The maximum atomic E-state index is 5.83. The molecule has 1 saturated heterocycles. The highest BCUT2D eigenvalue weighted by Crippen LogP contribution is 2.22. The van der Waals surface area contributed by atoms with Gasteiger partial charge in [0, 0.05) is 19.0 Å². The number of aryl methyl sites for hydroxylation is 1. The number of hydrogen-bond acceptors (Lipinski definition) is 3. The van der Waals surface area contributed by atoms with Crippen molar-refractivity contribution in [3.05, 3.63) is 17.8 Å². The molecular formula is C10H14ClN3. The van der Waals surface area contributed by atoms with Crippen molar-refractivity contribution in [3.8, 4) is 0 Å². The minimum absolute atomic E-state index is 0.610. The Bertz CT molecular complexity index is 316. The molecular weight excluding hydrogens is 198 g/mol. The van der Waals surface area contributed by atoms with E-state index in [2.05, 4.69) is 21.2 Å². The second-order valence-electron chi connectivity index (χ2n) is 3.85. The highest BCUT2D eigenvalue weighted by molar-refractivity contribution is 6.18. The van der Waals surface area contributed by atoms with E-state index in [1.165, 1.54) is 6.42 Å². The molecule has 14 heavy (non-hydrogen) atoms. The van der Waals surface area contributed by atoms with Gasteiger partial charge in [0.2, 0.25) is 0 Å². The van der Waals surface area contributed by atoms with Crippen molar-refractivity contribution < 1.29 is 0 Å². The Morgan fingerprint density at radius 2 is 2.50 bits per heavy atom. The molecule has 2 rings (SSSR count). The lowest BCUT2D eigenvalue weighted by Crippen LogP contribution is -2.21. The Labute approximate surface area is 89.1 Å². The second-order valence-corrected chi connectivity index (χ2v) is 4.15. The van der Waals surface area contributed by atoms with Gasteiger partial charge in [0.25, 0.3) is 0 Å². The monoisotopic (exact) mass is 211 g/mol. The molecule has 0 bridgehead atoms. The quantitative estimate of drug-likeness (QED) is 0.700. The fourth-order valence-electron chi connectivity index (χ4n) is 1.77. The van der Waals surface area contributed by atoms with Gasteiger partial charge in [-0.15, -0.1) is 16.7 Å². The number of nitrogens with zero attached hydrogens (tertiary/aromatic N) is 3. The molecule has 76 valence electrons. The molecule has 0 aromatic carbocycles. The average Bonchev–Trinajstić information content (AvgIpc) is 2.66. The maximum absolute atomic E-state index is 5.83. The molecule has 0 aliphatic carbocycles. The summed E-state index contributed by atoms with van der Waals surface area (Å²) in [5.41, 5.74) is 1.16. The third-order valence-corrected chi connectivity index (χ3v) is 3.04. The van der Waals surface area contributed by atoms with Crippen LogP contribution in [0.1, 0.15) is 12.0 Å². The zero-order chi connectivity index (χ0) is 9.97. The molecule has 0 amide bonds. The van der Waals surface area contributed by atoms with Gasteiger partial charge in [-0.25, -0.2) is 0 Å². The van der Waals surface area contributed by atoms with Crippen LogP contribution >= 0.6 is 11.6 Å². The van der Waals surface area contributed by atoms with Gasteiger partial charge < -0.3 is 4.90 Å². The molecule has 3 nitrogen and oxygen atoms in total. The minimum atomic E-state index is 0.610. The maximum Gasteiger partial charge on any atom is 0.151 e. The highest BCUT2D eigenvalue weighted by atomic mass is 35.5. The Morgan fingerprint density at radius 3 is 3.14 bits per heavy atom. The third-order valence-electron chi connectivity index (χ3n) is 2.61. The van der Waals surface area contributed by atoms with Crippen LogP contribution in [0.5, 0.6) is 0 Å². The van der Waals surface area contributed by atoms with Gasteiger partial charge in [-0.1, -0.05) is 0 Å².